The number of hydrogen-bond acceptors (Lipinski definition) is 3. The smallest absolute Gasteiger partial charge is 0.288 e. The van der Waals surface area contributed by atoms with Crippen molar-refractivity contribution in [2.24, 2.45) is 0 Å². The van der Waals surface area contributed by atoms with Gasteiger partial charge in [0.25, 0.3) is 11.7 Å². The van der Waals surface area contributed by atoms with Gasteiger partial charge in [0, 0.05) is 36.6 Å². The van der Waals surface area contributed by atoms with Crippen molar-refractivity contribution in [1.29, 1.82) is 0 Å². The number of hydrogen-bond donors (Lipinski definition) is 1. The average Bonchev–Trinajstić information content (AvgIpc) is 2.39. The van der Waals surface area contributed by atoms with Crippen LogP contribution in [0.5, 0.6) is 0 Å². The molecule has 1 aliphatic rings. The van der Waals surface area contributed by atoms with E-state index in [1.165, 1.54) is 0 Å². The summed E-state index contributed by atoms with van der Waals surface area (Å²) in [4.78, 5) is 14.3. The van der Waals surface area contributed by atoms with E-state index in [1.54, 1.807) is 29.2 Å². The van der Waals surface area contributed by atoms with E-state index in [9.17, 15) is 13.6 Å². The van der Waals surface area contributed by atoms with Gasteiger partial charge in [0.2, 0.25) is 0 Å². The Morgan fingerprint density at radius 3 is 2.39 bits per heavy atom. The zero-order chi connectivity index (χ0) is 13.0. The standard InChI is InChI=1S/C12H14F2N2OS/c13-12(14)18-10-3-1-9(2-4-10)11(17)16-7-5-15-6-8-16/h1-4,12,15H,5-8H2. The van der Waals surface area contributed by atoms with Gasteiger partial charge in [-0.2, -0.15) is 8.78 Å². The van der Waals surface area contributed by atoms with Crippen LogP contribution >= 0.6 is 11.8 Å². The third-order valence-electron chi connectivity index (χ3n) is 2.73. The number of rotatable bonds is 3. The molecular weight excluding hydrogens is 258 g/mol. The molecule has 0 unspecified atom stereocenters. The van der Waals surface area contributed by atoms with E-state index in [0.29, 0.717) is 35.3 Å². The Morgan fingerprint density at radius 2 is 1.83 bits per heavy atom. The summed E-state index contributed by atoms with van der Waals surface area (Å²) in [6.45, 7) is 2.97. The summed E-state index contributed by atoms with van der Waals surface area (Å²) in [5, 5.41) is 3.17. The topological polar surface area (TPSA) is 32.3 Å². The predicted molar refractivity (Wildman–Crippen MR) is 67.1 cm³/mol. The maximum atomic E-state index is 12.2. The molecule has 1 aliphatic heterocycles. The molecule has 18 heavy (non-hydrogen) atoms. The number of carbonyl (C=O) groups excluding carboxylic acids is 1. The summed E-state index contributed by atoms with van der Waals surface area (Å²) in [6.07, 6.45) is 0. The summed E-state index contributed by atoms with van der Waals surface area (Å²) >= 11 is 0.486. The monoisotopic (exact) mass is 272 g/mol. The number of alkyl halides is 2. The summed E-state index contributed by atoms with van der Waals surface area (Å²) < 4.78 is 24.3. The highest BCUT2D eigenvalue weighted by molar-refractivity contribution is 7.99. The minimum absolute atomic E-state index is 0.0369. The number of piperazine rings is 1. The fourth-order valence-corrected chi connectivity index (χ4v) is 2.33. The molecule has 1 amide bonds. The normalized spacial score (nSPS) is 16.1. The molecule has 0 aliphatic carbocycles. The summed E-state index contributed by atoms with van der Waals surface area (Å²) in [5.41, 5.74) is 0.551. The van der Waals surface area contributed by atoms with Crippen molar-refractivity contribution in [3.05, 3.63) is 29.8 Å². The van der Waals surface area contributed by atoms with Crippen LogP contribution < -0.4 is 5.32 Å². The second-order valence-electron chi connectivity index (χ2n) is 3.95. The quantitative estimate of drug-likeness (QED) is 0.855. The van der Waals surface area contributed by atoms with Crippen molar-refractivity contribution in [2.75, 3.05) is 26.2 Å². The van der Waals surface area contributed by atoms with Crippen LogP contribution in [0.4, 0.5) is 8.78 Å². The second kappa shape index (κ2) is 6.15. The number of carbonyl (C=O) groups is 1. The Hall–Kier alpha value is -1.14. The lowest BCUT2D eigenvalue weighted by Crippen LogP contribution is -2.46. The van der Waals surface area contributed by atoms with Crippen molar-refractivity contribution in [1.82, 2.24) is 10.2 Å². The first-order chi connectivity index (χ1) is 8.66. The van der Waals surface area contributed by atoms with E-state index in [0.717, 1.165) is 13.1 Å². The van der Waals surface area contributed by atoms with Gasteiger partial charge in [-0.1, -0.05) is 11.8 Å². The molecule has 3 nitrogen and oxygen atoms in total. The number of nitrogens with one attached hydrogen (secondary N) is 1. The molecule has 1 saturated heterocycles. The maximum absolute atomic E-state index is 12.2. The number of benzene rings is 1. The van der Waals surface area contributed by atoms with Crippen LogP contribution in [-0.4, -0.2) is 42.7 Å². The van der Waals surface area contributed by atoms with E-state index < -0.39 is 5.76 Å². The molecule has 0 spiro atoms. The van der Waals surface area contributed by atoms with Crippen molar-refractivity contribution >= 4 is 17.7 Å². The van der Waals surface area contributed by atoms with Crippen molar-refractivity contribution in [3.63, 3.8) is 0 Å². The molecule has 0 radical (unpaired) electrons. The summed E-state index contributed by atoms with van der Waals surface area (Å²) in [7, 11) is 0. The molecule has 1 N–H and O–H groups in total. The molecule has 0 bridgehead atoms. The van der Waals surface area contributed by atoms with Gasteiger partial charge >= 0.3 is 0 Å². The fraction of sp³-hybridized carbons (Fsp3) is 0.417. The SMILES string of the molecule is O=C(c1ccc(SC(F)F)cc1)N1CCNCC1. The van der Waals surface area contributed by atoms with Crippen LogP contribution in [0, 0.1) is 0 Å². The molecule has 1 heterocycles. The molecule has 2 rings (SSSR count). The van der Waals surface area contributed by atoms with Gasteiger partial charge in [0.05, 0.1) is 0 Å². The van der Waals surface area contributed by atoms with Crippen LogP contribution in [-0.2, 0) is 0 Å². The van der Waals surface area contributed by atoms with Gasteiger partial charge in [0.15, 0.2) is 0 Å². The highest BCUT2D eigenvalue weighted by Gasteiger charge is 2.17. The Kier molecular flexibility index (Phi) is 4.54. The van der Waals surface area contributed by atoms with Crippen LogP contribution in [0.15, 0.2) is 29.2 Å². The number of amides is 1. The lowest BCUT2D eigenvalue weighted by atomic mass is 10.2. The van der Waals surface area contributed by atoms with E-state index in [1.807, 2.05) is 0 Å². The average molecular weight is 272 g/mol. The third kappa shape index (κ3) is 3.43. The number of halogens is 2. The van der Waals surface area contributed by atoms with E-state index in [-0.39, 0.29) is 5.91 Å². The molecular formula is C12H14F2N2OS. The number of nitrogens with zero attached hydrogens (tertiary/aromatic N) is 1. The van der Waals surface area contributed by atoms with Gasteiger partial charge in [-0.05, 0) is 24.3 Å². The molecule has 1 fully saturated rings. The van der Waals surface area contributed by atoms with Crippen molar-refractivity contribution in [2.45, 2.75) is 10.7 Å². The highest BCUT2D eigenvalue weighted by atomic mass is 32.2. The number of thioether (sulfide) groups is 1. The van der Waals surface area contributed by atoms with Crippen molar-refractivity contribution in [3.8, 4) is 0 Å². The molecule has 0 saturated carbocycles. The molecule has 1 aromatic carbocycles. The summed E-state index contributed by atoms with van der Waals surface area (Å²) in [5.74, 6) is -2.47. The zero-order valence-corrected chi connectivity index (χ0v) is 10.6. The van der Waals surface area contributed by atoms with Crippen LogP contribution in [0.3, 0.4) is 0 Å². The van der Waals surface area contributed by atoms with Crippen LogP contribution in [0.2, 0.25) is 0 Å². The maximum Gasteiger partial charge on any atom is 0.288 e. The molecule has 0 aromatic heterocycles. The van der Waals surface area contributed by atoms with Gasteiger partial charge in [-0.25, -0.2) is 0 Å². The largest absolute Gasteiger partial charge is 0.336 e. The fourth-order valence-electron chi connectivity index (χ4n) is 1.83. The first-order valence-corrected chi connectivity index (χ1v) is 6.59. The van der Waals surface area contributed by atoms with Crippen LogP contribution in [0.1, 0.15) is 10.4 Å². The van der Waals surface area contributed by atoms with Gasteiger partial charge in [-0.15, -0.1) is 0 Å². The van der Waals surface area contributed by atoms with Crippen molar-refractivity contribution < 1.29 is 13.6 Å². The Morgan fingerprint density at radius 1 is 1.22 bits per heavy atom. The van der Waals surface area contributed by atoms with Gasteiger partial charge in [-0.3, -0.25) is 4.79 Å². The molecule has 1 aromatic rings. The molecule has 98 valence electrons. The Balaban J connectivity index is 2.02. The Labute approximate surface area is 109 Å². The molecule has 0 atom stereocenters. The van der Waals surface area contributed by atoms with Gasteiger partial charge in [0.1, 0.15) is 0 Å². The zero-order valence-electron chi connectivity index (χ0n) is 9.73. The predicted octanol–water partition coefficient (Wildman–Crippen LogP) is 2.05. The van der Waals surface area contributed by atoms with Crippen LogP contribution in [0.25, 0.3) is 0 Å². The van der Waals surface area contributed by atoms with E-state index >= 15 is 0 Å². The summed E-state index contributed by atoms with van der Waals surface area (Å²) in [6, 6.07) is 6.34. The van der Waals surface area contributed by atoms with E-state index in [2.05, 4.69) is 5.32 Å². The lowest BCUT2D eigenvalue weighted by molar-refractivity contribution is 0.0736. The first kappa shape index (κ1) is 13.3. The minimum atomic E-state index is -2.43. The molecule has 6 heteroatoms. The Bertz CT molecular complexity index is 405. The van der Waals surface area contributed by atoms with Gasteiger partial charge < -0.3 is 10.2 Å². The minimum Gasteiger partial charge on any atom is -0.336 e. The third-order valence-corrected chi connectivity index (χ3v) is 3.45. The second-order valence-corrected chi connectivity index (χ2v) is 5.01. The van der Waals surface area contributed by atoms with E-state index in [4.69, 9.17) is 0 Å². The first-order valence-electron chi connectivity index (χ1n) is 5.71. The highest BCUT2D eigenvalue weighted by Crippen LogP contribution is 2.25. The lowest BCUT2D eigenvalue weighted by Gasteiger charge is -2.27.